The number of amidine groups is 1. The van der Waals surface area contributed by atoms with Gasteiger partial charge in [-0.25, -0.2) is 0 Å². The molecule has 2 aromatic rings. The number of benzene rings is 2. The molecule has 10 heteroatoms. The number of phenolic OH excluding ortho intramolecular Hbond substituents is 1. The van der Waals surface area contributed by atoms with Crippen LogP contribution in [0.1, 0.15) is 116 Å². The van der Waals surface area contributed by atoms with Crippen molar-refractivity contribution in [1.29, 1.82) is 0 Å². The number of hydrogen-bond donors (Lipinski definition) is 5. The Morgan fingerprint density at radius 3 is 2.54 bits per heavy atom. The summed E-state index contributed by atoms with van der Waals surface area (Å²) in [6.45, 7) is 13.7. The van der Waals surface area contributed by atoms with E-state index in [4.69, 9.17) is 5.73 Å². The van der Waals surface area contributed by atoms with Crippen LogP contribution < -0.4 is 21.7 Å². The predicted octanol–water partition coefficient (Wildman–Crippen LogP) is 5.75. The fraction of sp³-hybridized carbons (Fsp3) is 0.636. The van der Waals surface area contributed by atoms with Gasteiger partial charge in [-0.1, -0.05) is 90.3 Å². The monoisotopic (exact) mass is 743 g/mol. The van der Waals surface area contributed by atoms with Gasteiger partial charge >= 0.3 is 0 Å². The van der Waals surface area contributed by atoms with E-state index in [1.165, 1.54) is 11.1 Å². The van der Waals surface area contributed by atoms with Gasteiger partial charge in [-0.05, 0) is 103 Å². The van der Waals surface area contributed by atoms with Gasteiger partial charge in [0.1, 0.15) is 11.8 Å². The molecule has 3 aliphatic rings. The molecule has 2 bridgehead atoms. The lowest BCUT2D eigenvalue weighted by Gasteiger charge is -2.55. The summed E-state index contributed by atoms with van der Waals surface area (Å²) in [6.07, 6.45) is 10.0. The Morgan fingerprint density at radius 1 is 1.04 bits per heavy atom. The van der Waals surface area contributed by atoms with Crippen LogP contribution in [0.15, 0.2) is 53.5 Å². The minimum absolute atomic E-state index is 0.00131. The van der Waals surface area contributed by atoms with Gasteiger partial charge in [-0.3, -0.25) is 24.3 Å². The number of amides is 3. The number of rotatable bonds is 20. The summed E-state index contributed by atoms with van der Waals surface area (Å²) in [6, 6.07) is 15.5. The summed E-state index contributed by atoms with van der Waals surface area (Å²) in [5, 5.41) is 19.2. The maximum Gasteiger partial charge on any atom is 0.242 e. The molecule has 2 aliphatic carbocycles. The number of aromatic hydroxyl groups is 1. The van der Waals surface area contributed by atoms with Gasteiger partial charge in [0.25, 0.3) is 0 Å². The number of piperidine rings is 1. The highest BCUT2D eigenvalue weighted by Crippen LogP contribution is 2.56. The average molecular weight is 743 g/mol. The Morgan fingerprint density at radius 2 is 1.80 bits per heavy atom. The minimum Gasteiger partial charge on any atom is -0.508 e. The summed E-state index contributed by atoms with van der Waals surface area (Å²) in [4.78, 5) is 47.6. The summed E-state index contributed by atoms with van der Waals surface area (Å²) in [7, 11) is 0. The van der Waals surface area contributed by atoms with Crippen molar-refractivity contribution >= 4 is 23.6 Å². The van der Waals surface area contributed by atoms with Crippen molar-refractivity contribution < 1.29 is 19.5 Å². The van der Waals surface area contributed by atoms with Gasteiger partial charge in [-0.2, -0.15) is 0 Å². The molecule has 1 aliphatic heterocycles. The Balaban J connectivity index is 1.13. The van der Waals surface area contributed by atoms with Gasteiger partial charge in [-0.15, -0.1) is 0 Å². The number of carbonyl (C=O) groups excluding carboxylic acids is 3. The normalized spacial score (nSPS) is 25.4. The third-order valence-electron chi connectivity index (χ3n) is 12.6. The second kappa shape index (κ2) is 18.6. The molecule has 0 radical (unpaired) electrons. The van der Waals surface area contributed by atoms with Crippen molar-refractivity contribution in [2.24, 2.45) is 28.5 Å². The van der Waals surface area contributed by atoms with E-state index < -0.39 is 11.5 Å². The Kier molecular flexibility index (Phi) is 14.2. The second-order valence-electron chi connectivity index (χ2n) is 16.9. The van der Waals surface area contributed by atoms with Crippen LogP contribution in [0.3, 0.4) is 0 Å². The molecular formula is C44H66N6O4. The van der Waals surface area contributed by atoms with Crippen LogP contribution in [0.4, 0.5) is 0 Å². The maximum atomic E-state index is 14.1. The highest BCUT2D eigenvalue weighted by molar-refractivity contribution is 5.95. The van der Waals surface area contributed by atoms with Crippen molar-refractivity contribution in [3.63, 3.8) is 0 Å². The van der Waals surface area contributed by atoms with Crippen LogP contribution in [-0.2, 0) is 31.6 Å². The molecule has 6 N–H and O–H groups in total. The number of likely N-dealkylation sites (tertiary alicyclic amines) is 1. The first-order chi connectivity index (χ1) is 25.9. The van der Waals surface area contributed by atoms with E-state index in [-0.39, 0.29) is 41.5 Å². The molecular weight excluding hydrogens is 677 g/mol. The van der Waals surface area contributed by atoms with Crippen LogP contribution in [0, 0.1) is 17.8 Å². The van der Waals surface area contributed by atoms with E-state index in [0.717, 1.165) is 95.2 Å². The molecule has 1 saturated carbocycles. The van der Waals surface area contributed by atoms with Crippen molar-refractivity contribution in [3.05, 3.63) is 65.2 Å². The fourth-order valence-corrected chi connectivity index (χ4v) is 9.10. The average Bonchev–Trinajstić information content (AvgIpc) is 3.88. The minimum atomic E-state index is -0.702. The van der Waals surface area contributed by atoms with E-state index in [1.807, 2.05) is 50.2 Å². The number of carbonyl (C=O) groups is 3. The lowest BCUT2D eigenvalue weighted by atomic mass is 9.59. The van der Waals surface area contributed by atoms with E-state index in [9.17, 15) is 19.5 Å². The number of nitrogens with two attached hydrogens (primary N) is 1. The molecule has 54 heavy (non-hydrogen) atoms. The molecule has 1 heterocycles. The lowest BCUT2D eigenvalue weighted by molar-refractivity contribution is -0.130. The third kappa shape index (κ3) is 9.84. The molecule has 2 aromatic carbocycles. The number of aliphatic imine (C=N–C) groups is 1. The molecule has 6 atom stereocenters. The van der Waals surface area contributed by atoms with Crippen LogP contribution in [0.25, 0.3) is 0 Å². The van der Waals surface area contributed by atoms with Crippen molar-refractivity contribution in [2.45, 2.75) is 128 Å². The fourth-order valence-electron chi connectivity index (χ4n) is 9.10. The first-order valence-corrected chi connectivity index (χ1v) is 20.6. The lowest BCUT2D eigenvalue weighted by Crippen LogP contribution is -2.58. The molecule has 5 rings (SSSR count). The quantitative estimate of drug-likeness (QED) is 0.0664. The van der Waals surface area contributed by atoms with Crippen LogP contribution in [0.5, 0.6) is 5.75 Å². The number of nitrogens with one attached hydrogen (secondary N) is 3. The molecule has 0 aromatic heterocycles. The molecule has 0 unspecified atom stereocenters. The predicted molar refractivity (Wildman–Crippen MR) is 216 cm³/mol. The summed E-state index contributed by atoms with van der Waals surface area (Å²) >= 11 is 0. The van der Waals surface area contributed by atoms with Crippen molar-refractivity contribution in [3.8, 4) is 5.75 Å². The van der Waals surface area contributed by atoms with Gasteiger partial charge in [0.2, 0.25) is 17.7 Å². The van der Waals surface area contributed by atoms with Gasteiger partial charge < -0.3 is 26.8 Å². The molecule has 2 fully saturated rings. The van der Waals surface area contributed by atoms with E-state index in [2.05, 4.69) is 52.7 Å². The zero-order valence-electron chi connectivity index (χ0n) is 33.5. The second-order valence-corrected chi connectivity index (χ2v) is 16.9. The summed E-state index contributed by atoms with van der Waals surface area (Å²) in [5.74, 6) is 1.12. The number of fused-ring (bicyclic) bond motifs is 4. The van der Waals surface area contributed by atoms with Crippen molar-refractivity contribution in [1.82, 2.24) is 20.9 Å². The SMILES string of the molecule is CCCCC(N)=NCCCCCCNC(=O)[C@H](CC(C)C)NC(=O)CNC(=O)[C@@]1(c2ccccc2)C[C@H]1CN1CC[C@]2(C)c3cc(O)ccc3C[C@@H]1[C@@H]2C. The molecule has 1 saturated heterocycles. The Bertz CT molecular complexity index is 1610. The van der Waals surface area contributed by atoms with Gasteiger partial charge in [0, 0.05) is 32.1 Å². The first-order valence-electron chi connectivity index (χ1n) is 20.6. The Hall–Kier alpha value is -3.92. The molecule has 3 amide bonds. The Labute approximate surface area is 323 Å². The highest BCUT2D eigenvalue weighted by atomic mass is 16.3. The zero-order valence-corrected chi connectivity index (χ0v) is 33.5. The van der Waals surface area contributed by atoms with Gasteiger partial charge in [0.15, 0.2) is 0 Å². The van der Waals surface area contributed by atoms with Crippen LogP contribution in [-0.4, -0.2) is 78.4 Å². The van der Waals surface area contributed by atoms with Crippen LogP contribution in [0.2, 0.25) is 0 Å². The van der Waals surface area contributed by atoms with E-state index >= 15 is 0 Å². The molecule has 296 valence electrons. The maximum absolute atomic E-state index is 14.1. The highest BCUT2D eigenvalue weighted by Gasteiger charge is 2.62. The van der Waals surface area contributed by atoms with E-state index in [1.54, 1.807) is 6.07 Å². The van der Waals surface area contributed by atoms with Crippen molar-refractivity contribution in [2.75, 3.05) is 32.7 Å². The van der Waals surface area contributed by atoms with Gasteiger partial charge in [0.05, 0.1) is 17.8 Å². The third-order valence-corrected chi connectivity index (χ3v) is 12.6. The topological polar surface area (TPSA) is 149 Å². The summed E-state index contributed by atoms with van der Waals surface area (Å²) < 4.78 is 0. The largest absolute Gasteiger partial charge is 0.508 e. The van der Waals surface area contributed by atoms with E-state index in [0.29, 0.717) is 30.7 Å². The first kappa shape index (κ1) is 41.2. The molecule has 0 spiro atoms. The number of phenols is 1. The van der Waals surface area contributed by atoms with Crippen LogP contribution >= 0.6 is 0 Å². The molecule has 10 nitrogen and oxygen atoms in total. The number of unbranched alkanes of at least 4 members (excludes halogenated alkanes) is 4. The standard InChI is InChI=1S/C44H66N6O4/c1-6-7-17-39(45)46-21-13-8-9-14-22-47-41(53)37(24-30(2)3)49-40(52)28-48-42(54)44(33-15-11-10-12-16-33)27-34(44)29-50-23-20-43(5)31(4)38(50)25-32-18-19-35(51)26-36(32)43/h10-12,15-16,18-19,26,30-31,34,37-38,51H,6-9,13-14,17,20-25,27-29H2,1-5H3,(H2,45,46)(H,47,53)(H,48,54)(H,49,52)/t31-,34-,37-,38+,43-,44+/m0/s1. The summed E-state index contributed by atoms with van der Waals surface area (Å²) in [5.41, 5.74) is 8.81. The number of nitrogens with zero attached hydrogens (tertiary/aromatic N) is 2. The number of hydrogen-bond acceptors (Lipinski definition) is 6. The smallest absolute Gasteiger partial charge is 0.242 e. The zero-order chi connectivity index (χ0) is 38.9.